The van der Waals surface area contributed by atoms with Crippen molar-refractivity contribution in [2.75, 3.05) is 13.2 Å². The third-order valence-corrected chi connectivity index (χ3v) is 15.2. The van der Waals surface area contributed by atoms with Gasteiger partial charge < -0.3 is 14.2 Å². The molecule has 6 nitrogen and oxygen atoms in total. The fraction of sp³-hybridized carbons (Fsp3) is 0.795. The zero-order chi connectivity index (χ0) is 57.1. The number of hydrogen-bond acceptors (Lipinski definition) is 6. The zero-order valence-corrected chi connectivity index (χ0v) is 52.6. The SMILES string of the molecule is CC/C=C\C/C=C\C/C=C\CCCCCCCC(=O)OCC(COC(=O)CCCCCCCCCCCC/C=C\C/C=C\C/C=C\CCCCCCC)OC(=O)CCCCCCCCCCCCCCCCCCCCCCC. The minimum atomic E-state index is -0.784. The molecular weight excluding hydrogens is 973 g/mol. The van der Waals surface area contributed by atoms with Crippen LogP contribution in [0.4, 0.5) is 0 Å². The van der Waals surface area contributed by atoms with Crippen LogP contribution in [0, 0.1) is 0 Å². The molecule has 0 fully saturated rings. The largest absolute Gasteiger partial charge is 0.462 e. The first-order valence-corrected chi connectivity index (χ1v) is 34.4. The highest BCUT2D eigenvalue weighted by molar-refractivity contribution is 5.71. The Morgan fingerprint density at radius 3 is 0.772 bits per heavy atom. The van der Waals surface area contributed by atoms with Gasteiger partial charge in [0.05, 0.1) is 0 Å². The lowest BCUT2D eigenvalue weighted by Gasteiger charge is -2.18. The predicted octanol–water partition coefficient (Wildman–Crippen LogP) is 23.7. The van der Waals surface area contributed by atoms with Crippen LogP contribution >= 0.6 is 0 Å². The Kier molecular flexibility index (Phi) is 64.7. The topological polar surface area (TPSA) is 78.9 Å². The minimum absolute atomic E-state index is 0.0801. The number of esters is 3. The van der Waals surface area contributed by atoms with Crippen LogP contribution < -0.4 is 0 Å². The van der Waals surface area contributed by atoms with E-state index >= 15 is 0 Å². The maximum Gasteiger partial charge on any atom is 0.306 e. The van der Waals surface area contributed by atoms with Gasteiger partial charge in [-0.15, -0.1) is 0 Å². The van der Waals surface area contributed by atoms with Gasteiger partial charge in [0.1, 0.15) is 13.2 Å². The summed E-state index contributed by atoms with van der Waals surface area (Å²) < 4.78 is 17.0. The molecule has 458 valence electrons. The Morgan fingerprint density at radius 1 is 0.266 bits per heavy atom. The van der Waals surface area contributed by atoms with Crippen molar-refractivity contribution >= 4 is 17.9 Å². The van der Waals surface area contributed by atoms with E-state index in [1.54, 1.807) is 0 Å². The summed E-state index contributed by atoms with van der Waals surface area (Å²) in [5.74, 6) is -0.880. The first-order valence-electron chi connectivity index (χ1n) is 34.4. The average molecular weight is 1100 g/mol. The van der Waals surface area contributed by atoms with Crippen molar-refractivity contribution in [3.8, 4) is 0 Å². The van der Waals surface area contributed by atoms with Gasteiger partial charge in [0.25, 0.3) is 0 Å². The molecule has 0 N–H and O–H groups in total. The smallest absolute Gasteiger partial charge is 0.306 e. The summed E-state index contributed by atoms with van der Waals surface area (Å²) in [5, 5.41) is 0. The number of hydrogen-bond donors (Lipinski definition) is 0. The third kappa shape index (κ3) is 65.5. The molecule has 0 bridgehead atoms. The van der Waals surface area contributed by atoms with Crippen molar-refractivity contribution in [2.45, 2.75) is 361 Å². The maximum atomic E-state index is 12.9. The lowest BCUT2D eigenvalue weighted by atomic mass is 10.0. The number of ether oxygens (including phenoxy) is 3. The first-order chi connectivity index (χ1) is 39.0. The highest BCUT2D eigenvalue weighted by Crippen LogP contribution is 2.18. The average Bonchev–Trinajstić information content (AvgIpc) is 3.45. The molecule has 0 amide bonds. The van der Waals surface area contributed by atoms with Gasteiger partial charge in [0.15, 0.2) is 6.10 Å². The van der Waals surface area contributed by atoms with Gasteiger partial charge in [0, 0.05) is 19.3 Å². The van der Waals surface area contributed by atoms with E-state index in [1.807, 2.05) is 0 Å². The first kappa shape index (κ1) is 75.8. The summed E-state index contributed by atoms with van der Waals surface area (Å²) in [4.78, 5) is 38.4. The van der Waals surface area contributed by atoms with Crippen LogP contribution in [0.25, 0.3) is 0 Å². The summed E-state index contributed by atoms with van der Waals surface area (Å²) in [6.07, 6.45) is 87.8. The van der Waals surface area contributed by atoms with Gasteiger partial charge in [-0.1, -0.05) is 318 Å². The van der Waals surface area contributed by atoms with E-state index < -0.39 is 6.10 Å². The van der Waals surface area contributed by atoms with E-state index in [-0.39, 0.29) is 31.1 Å². The molecule has 0 radical (unpaired) electrons. The van der Waals surface area contributed by atoms with Crippen LogP contribution in [-0.4, -0.2) is 37.2 Å². The molecule has 0 aliphatic rings. The Labute approximate surface area is 491 Å². The molecule has 79 heavy (non-hydrogen) atoms. The Bertz CT molecular complexity index is 1450. The molecule has 0 aromatic carbocycles. The Balaban J connectivity index is 4.32. The number of rotatable bonds is 63. The van der Waals surface area contributed by atoms with Crippen LogP contribution in [-0.2, 0) is 28.6 Å². The van der Waals surface area contributed by atoms with Crippen LogP contribution in [0.1, 0.15) is 355 Å². The van der Waals surface area contributed by atoms with Gasteiger partial charge >= 0.3 is 17.9 Å². The molecule has 0 aromatic rings. The van der Waals surface area contributed by atoms with E-state index in [2.05, 4.69) is 93.7 Å². The van der Waals surface area contributed by atoms with Gasteiger partial charge in [-0.05, 0) is 89.9 Å². The Morgan fingerprint density at radius 2 is 0.494 bits per heavy atom. The lowest BCUT2D eigenvalue weighted by molar-refractivity contribution is -0.167. The van der Waals surface area contributed by atoms with Gasteiger partial charge in [-0.3, -0.25) is 14.4 Å². The van der Waals surface area contributed by atoms with E-state index in [1.165, 1.54) is 205 Å². The summed E-state index contributed by atoms with van der Waals surface area (Å²) in [5.41, 5.74) is 0. The number of unbranched alkanes of at least 4 members (excludes halogenated alkanes) is 40. The van der Waals surface area contributed by atoms with Crippen LogP contribution in [0.15, 0.2) is 72.9 Å². The molecular formula is C73H130O6. The second-order valence-electron chi connectivity index (χ2n) is 23.1. The van der Waals surface area contributed by atoms with E-state index in [0.29, 0.717) is 19.3 Å². The molecule has 1 atom stereocenters. The second kappa shape index (κ2) is 67.4. The van der Waals surface area contributed by atoms with Crippen LogP contribution in [0.2, 0.25) is 0 Å². The highest BCUT2D eigenvalue weighted by Gasteiger charge is 2.19. The standard InChI is InChI=1S/C73H130O6/c1-4-7-10-13-16-19-22-25-28-30-32-34-35-36-37-39-40-42-45-48-51-54-57-60-63-66-72(75)78-69-70(68-77-71(74)65-62-59-56-53-50-47-44-27-24-21-18-15-12-9-6-3)79-73(76)67-64-61-58-55-52-49-46-43-41-38-33-31-29-26-23-20-17-14-11-8-5-2/h9,12,18,21-22,25,27,30,32,35-36,44,70H,4-8,10-11,13-17,19-20,23-24,26,28-29,31,33-34,37-43,45-69H2,1-3H3/b12-9-,21-18-,25-22-,32-30-,36-35-,44-27-. The van der Waals surface area contributed by atoms with Crippen molar-refractivity contribution < 1.29 is 28.6 Å². The van der Waals surface area contributed by atoms with Gasteiger partial charge in [-0.2, -0.15) is 0 Å². The Hall–Kier alpha value is -3.15. The molecule has 0 aliphatic carbocycles. The summed E-state index contributed by atoms with van der Waals surface area (Å²) in [7, 11) is 0. The fourth-order valence-electron chi connectivity index (χ4n) is 10.1. The molecule has 6 heteroatoms. The predicted molar refractivity (Wildman–Crippen MR) is 344 cm³/mol. The monoisotopic (exact) mass is 1100 g/mol. The molecule has 0 spiro atoms. The number of carbonyl (C=O) groups excluding carboxylic acids is 3. The second-order valence-corrected chi connectivity index (χ2v) is 23.1. The number of carbonyl (C=O) groups is 3. The molecule has 0 heterocycles. The fourth-order valence-corrected chi connectivity index (χ4v) is 10.1. The van der Waals surface area contributed by atoms with Crippen molar-refractivity contribution in [2.24, 2.45) is 0 Å². The van der Waals surface area contributed by atoms with Crippen LogP contribution in [0.3, 0.4) is 0 Å². The number of allylic oxidation sites excluding steroid dienone is 12. The minimum Gasteiger partial charge on any atom is -0.462 e. The van der Waals surface area contributed by atoms with Crippen molar-refractivity contribution in [3.63, 3.8) is 0 Å². The molecule has 0 aliphatic heterocycles. The molecule has 0 aromatic heterocycles. The summed E-state index contributed by atoms with van der Waals surface area (Å²) in [6.45, 7) is 6.55. The van der Waals surface area contributed by atoms with E-state index in [0.717, 1.165) is 109 Å². The van der Waals surface area contributed by atoms with Gasteiger partial charge in [-0.25, -0.2) is 0 Å². The van der Waals surface area contributed by atoms with Crippen molar-refractivity contribution in [1.29, 1.82) is 0 Å². The van der Waals surface area contributed by atoms with Crippen molar-refractivity contribution in [3.05, 3.63) is 72.9 Å². The van der Waals surface area contributed by atoms with E-state index in [9.17, 15) is 14.4 Å². The van der Waals surface area contributed by atoms with Gasteiger partial charge in [0.2, 0.25) is 0 Å². The molecule has 1 unspecified atom stereocenters. The zero-order valence-electron chi connectivity index (χ0n) is 52.6. The van der Waals surface area contributed by atoms with Crippen molar-refractivity contribution in [1.82, 2.24) is 0 Å². The molecule has 0 saturated heterocycles. The highest BCUT2D eigenvalue weighted by atomic mass is 16.6. The summed E-state index contributed by atoms with van der Waals surface area (Å²) in [6, 6.07) is 0. The van der Waals surface area contributed by atoms with Crippen LogP contribution in [0.5, 0.6) is 0 Å². The van der Waals surface area contributed by atoms with E-state index in [4.69, 9.17) is 14.2 Å². The summed E-state index contributed by atoms with van der Waals surface area (Å²) >= 11 is 0. The third-order valence-electron chi connectivity index (χ3n) is 15.2. The normalized spacial score (nSPS) is 12.5. The molecule has 0 saturated carbocycles. The molecule has 0 rings (SSSR count). The maximum absolute atomic E-state index is 12.9. The quantitative estimate of drug-likeness (QED) is 0.0261. The lowest BCUT2D eigenvalue weighted by Crippen LogP contribution is -2.30.